The third kappa shape index (κ3) is 4.18. The second kappa shape index (κ2) is 7.81. The van der Waals surface area contributed by atoms with Gasteiger partial charge in [-0.15, -0.1) is 11.3 Å². The summed E-state index contributed by atoms with van der Waals surface area (Å²) in [6.07, 6.45) is 2.48. The highest BCUT2D eigenvalue weighted by Crippen LogP contribution is 2.21. The molecule has 0 saturated heterocycles. The average molecular weight is 297 g/mol. The van der Waals surface area contributed by atoms with Gasteiger partial charge in [-0.2, -0.15) is 0 Å². The topological polar surface area (TPSA) is 66.8 Å². The van der Waals surface area contributed by atoms with Crippen LogP contribution in [0.1, 0.15) is 29.1 Å². The van der Waals surface area contributed by atoms with Crippen LogP contribution >= 0.6 is 11.3 Å². The summed E-state index contributed by atoms with van der Waals surface area (Å²) in [5, 5.41) is 10.4. The molecule has 0 aliphatic heterocycles. The van der Waals surface area contributed by atoms with E-state index in [0.717, 1.165) is 6.08 Å². The van der Waals surface area contributed by atoms with Crippen LogP contribution < -0.4 is 0 Å². The van der Waals surface area contributed by atoms with E-state index in [1.807, 2.05) is 13.8 Å². The monoisotopic (exact) mass is 297 g/mol. The Morgan fingerprint density at radius 1 is 1.55 bits per heavy atom. The Morgan fingerprint density at radius 3 is 2.80 bits per heavy atom. The van der Waals surface area contributed by atoms with Crippen LogP contribution in [-0.2, 0) is 9.53 Å². The molecule has 110 valence electrons. The van der Waals surface area contributed by atoms with Crippen molar-refractivity contribution in [2.75, 3.05) is 20.3 Å². The van der Waals surface area contributed by atoms with Gasteiger partial charge in [0.05, 0.1) is 17.5 Å². The van der Waals surface area contributed by atoms with E-state index < -0.39 is 5.97 Å². The number of ether oxygens (including phenoxy) is 1. The summed E-state index contributed by atoms with van der Waals surface area (Å²) in [6.45, 7) is 4.87. The Bertz CT molecular complexity index is 495. The molecule has 1 amide bonds. The van der Waals surface area contributed by atoms with E-state index in [9.17, 15) is 9.59 Å². The van der Waals surface area contributed by atoms with Crippen molar-refractivity contribution in [2.24, 2.45) is 0 Å². The summed E-state index contributed by atoms with van der Waals surface area (Å²) in [6, 6.07) is 1.71. The number of carbonyl (C=O) groups is 2. The Morgan fingerprint density at radius 2 is 2.25 bits per heavy atom. The number of amides is 1. The van der Waals surface area contributed by atoms with Crippen LogP contribution in [0.3, 0.4) is 0 Å². The van der Waals surface area contributed by atoms with Gasteiger partial charge in [-0.05, 0) is 36.9 Å². The number of methoxy groups -OCH3 is 1. The standard InChI is InChI=1S/C14H19NO4S/c1-4-15(10(2)9-19-3)14(18)13-11(7-8-20-13)5-6-12(16)17/h5-8,10H,4,9H2,1-3H3,(H,16,17). The van der Waals surface area contributed by atoms with E-state index in [1.165, 1.54) is 17.4 Å². The molecule has 0 aliphatic carbocycles. The fourth-order valence-electron chi connectivity index (χ4n) is 1.90. The molecule has 0 aromatic carbocycles. The Kier molecular flexibility index (Phi) is 6.41. The maximum atomic E-state index is 12.5. The highest BCUT2D eigenvalue weighted by Gasteiger charge is 2.22. The number of aliphatic carboxylic acids is 1. The minimum atomic E-state index is -1.03. The number of nitrogens with zero attached hydrogens (tertiary/aromatic N) is 1. The number of rotatable bonds is 7. The number of likely N-dealkylation sites (N-methyl/N-ethyl adjacent to an activating group) is 1. The largest absolute Gasteiger partial charge is 0.478 e. The normalized spacial score (nSPS) is 12.6. The van der Waals surface area contributed by atoms with Gasteiger partial charge >= 0.3 is 5.97 Å². The summed E-state index contributed by atoms with van der Waals surface area (Å²) in [7, 11) is 1.60. The third-order valence-corrected chi connectivity index (χ3v) is 3.76. The van der Waals surface area contributed by atoms with E-state index in [2.05, 4.69) is 0 Å². The average Bonchev–Trinajstić information content (AvgIpc) is 2.85. The molecule has 0 aliphatic rings. The zero-order valence-corrected chi connectivity index (χ0v) is 12.6. The molecule has 0 saturated carbocycles. The Labute approximate surface area is 122 Å². The molecule has 1 aromatic rings. The SMILES string of the molecule is CCN(C(=O)c1sccc1C=CC(=O)O)C(C)COC. The first kappa shape index (κ1) is 16.4. The van der Waals surface area contributed by atoms with E-state index in [4.69, 9.17) is 9.84 Å². The van der Waals surface area contributed by atoms with Crippen molar-refractivity contribution in [1.82, 2.24) is 4.90 Å². The van der Waals surface area contributed by atoms with Crippen molar-refractivity contribution in [3.63, 3.8) is 0 Å². The first-order chi connectivity index (χ1) is 9.51. The highest BCUT2D eigenvalue weighted by molar-refractivity contribution is 7.12. The number of hydrogen-bond donors (Lipinski definition) is 1. The molecule has 5 nitrogen and oxygen atoms in total. The summed E-state index contributed by atoms with van der Waals surface area (Å²) >= 11 is 1.31. The van der Waals surface area contributed by atoms with Gasteiger partial charge in [-0.1, -0.05) is 0 Å². The van der Waals surface area contributed by atoms with Crippen LogP contribution in [-0.4, -0.2) is 48.2 Å². The molecular formula is C14H19NO4S. The fraction of sp³-hybridized carbons (Fsp3) is 0.429. The lowest BCUT2D eigenvalue weighted by molar-refractivity contribution is -0.131. The molecule has 1 heterocycles. The summed E-state index contributed by atoms with van der Waals surface area (Å²) in [4.78, 5) is 25.3. The van der Waals surface area contributed by atoms with Crippen molar-refractivity contribution >= 4 is 29.3 Å². The molecular weight excluding hydrogens is 278 g/mol. The number of thiophene rings is 1. The van der Waals surface area contributed by atoms with Crippen molar-refractivity contribution in [2.45, 2.75) is 19.9 Å². The van der Waals surface area contributed by atoms with Gasteiger partial charge in [0.1, 0.15) is 0 Å². The zero-order chi connectivity index (χ0) is 15.1. The molecule has 1 aromatic heterocycles. The second-order valence-electron chi connectivity index (χ2n) is 4.27. The van der Waals surface area contributed by atoms with Crippen molar-refractivity contribution in [3.05, 3.63) is 28.0 Å². The molecule has 0 radical (unpaired) electrons. The maximum absolute atomic E-state index is 12.5. The van der Waals surface area contributed by atoms with Crippen LogP contribution in [0.25, 0.3) is 6.08 Å². The summed E-state index contributed by atoms with van der Waals surface area (Å²) in [5.41, 5.74) is 0.630. The van der Waals surface area contributed by atoms with E-state index in [-0.39, 0.29) is 11.9 Å². The van der Waals surface area contributed by atoms with Crippen molar-refractivity contribution in [3.8, 4) is 0 Å². The Balaban J connectivity index is 2.96. The maximum Gasteiger partial charge on any atom is 0.328 e. The zero-order valence-electron chi connectivity index (χ0n) is 11.8. The van der Waals surface area contributed by atoms with Gasteiger partial charge < -0.3 is 14.7 Å². The van der Waals surface area contributed by atoms with E-state index in [0.29, 0.717) is 23.6 Å². The first-order valence-electron chi connectivity index (χ1n) is 6.29. The van der Waals surface area contributed by atoms with Gasteiger partial charge in [0, 0.05) is 19.7 Å². The van der Waals surface area contributed by atoms with Crippen LogP contribution in [0.5, 0.6) is 0 Å². The van der Waals surface area contributed by atoms with Crippen LogP contribution in [0.2, 0.25) is 0 Å². The molecule has 0 bridgehead atoms. The lowest BCUT2D eigenvalue weighted by Gasteiger charge is -2.27. The van der Waals surface area contributed by atoms with E-state index in [1.54, 1.807) is 23.5 Å². The summed E-state index contributed by atoms with van der Waals surface area (Å²) in [5.74, 6) is -1.13. The van der Waals surface area contributed by atoms with Gasteiger partial charge in [-0.25, -0.2) is 4.79 Å². The fourth-order valence-corrected chi connectivity index (χ4v) is 2.74. The second-order valence-corrected chi connectivity index (χ2v) is 5.19. The smallest absolute Gasteiger partial charge is 0.328 e. The van der Waals surface area contributed by atoms with Crippen molar-refractivity contribution < 1.29 is 19.4 Å². The van der Waals surface area contributed by atoms with Gasteiger partial charge in [0.25, 0.3) is 5.91 Å². The molecule has 0 fully saturated rings. The molecule has 1 N–H and O–H groups in total. The lowest BCUT2D eigenvalue weighted by Crippen LogP contribution is -2.40. The Hall–Kier alpha value is -1.66. The predicted octanol–water partition coefficient (Wildman–Crippen LogP) is 2.34. The highest BCUT2D eigenvalue weighted by atomic mass is 32.1. The van der Waals surface area contributed by atoms with Crippen molar-refractivity contribution in [1.29, 1.82) is 0 Å². The number of carboxylic acid groups (broad SMARTS) is 1. The minimum Gasteiger partial charge on any atom is -0.478 e. The predicted molar refractivity (Wildman–Crippen MR) is 79.0 cm³/mol. The minimum absolute atomic E-state index is 0.0316. The third-order valence-electron chi connectivity index (χ3n) is 2.84. The number of carboxylic acids is 1. The van der Waals surface area contributed by atoms with Crippen LogP contribution in [0.15, 0.2) is 17.5 Å². The molecule has 0 spiro atoms. The van der Waals surface area contributed by atoms with Gasteiger partial charge in [0.15, 0.2) is 0 Å². The first-order valence-corrected chi connectivity index (χ1v) is 7.17. The van der Waals surface area contributed by atoms with Crippen LogP contribution in [0.4, 0.5) is 0 Å². The molecule has 1 rings (SSSR count). The summed E-state index contributed by atoms with van der Waals surface area (Å²) < 4.78 is 5.08. The molecule has 1 atom stereocenters. The van der Waals surface area contributed by atoms with Gasteiger partial charge in [-0.3, -0.25) is 4.79 Å². The number of hydrogen-bond acceptors (Lipinski definition) is 4. The molecule has 6 heteroatoms. The van der Waals surface area contributed by atoms with Crippen LogP contribution in [0, 0.1) is 0 Å². The number of carbonyl (C=O) groups excluding carboxylic acids is 1. The van der Waals surface area contributed by atoms with E-state index >= 15 is 0 Å². The quantitative estimate of drug-likeness (QED) is 0.784. The molecule has 20 heavy (non-hydrogen) atoms. The molecule has 1 unspecified atom stereocenters. The lowest BCUT2D eigenvalue weighted by atomic mass is 10.2. The van der Waals surface area contributed by atoms with Gasteiger partial charge in [0.2, 0.25) is 0 Å².